The van der Waals surface area contributed by atoms with Gasteiger partial charge in [0.15, 0.2) is 0 Å². The summed E-state index contributed by atoms with van der Waals surface area (Å²) in [6.45, 7) is 7.73. The molecule has 1 amide bonds. The molecule has 0 aliphatic heterocycles. The number of furan rings is 1. The molecule has 2 aromatic rings. The third-order valence-corrected chi connectivity index (χ3v) is 5.71. The van der Waals surface area contributed by atoms with Crippen LogP contribution in [0.25, 0.3) is 0 Å². The standard InChI is InChI=1S/C19H26N2O5S/c1-12-6-7-16(27(23,24)20-8-9-25-5)11-17(12)19(22)21-14(3)18-10-13(2)26-15(18)4/h6-7,10-11,14,20H,8-9H2,1-5H3,(H,21,22). The molecular weight excluding hydrogens is 368 g/mol. The minimum Gasteiger partial charge on any atom is -0.466 e. The second kappa shape index (κ2) is 8.69. The molecule has 0 aliphatic carbocycles. The van der Waals surface area contributed by atoms with E-state index in [0.29, 0.717) is 11.1 Å². The molecule has 0 spiro atoms. The van der Waals surface area contributed by atoms with Gasteiger partial charge in [-0.2, -0.15) is 0 Å². The first-order valence-electron chi connectivity index (χ1n) is 8.62. The van der Waals surface area contributed by atoms with Gasteiger partial charge in [0.05, 0.1) is 17.5 Å². The number of nitrogens with one attached hydrogen (secondary N) is 2. The molecule has 1 heterocycles. The van der Waals surface area contributed by atoms with Gasteiger partial charge in [0.25, 0.3) is 5.91 Å². The van der Waals surface area contributed by atoms with Gasteiger partial charge in [-0.15, -0.1) is 0 Å². The molecule has 7 nitrogen and oxygen atoms in total. The van der Waals surface area contributed by atoms with E-state index in [1.54, 1.807) is 13.0 Å². The van der Waals surface area contributed by atoms with E-state index < -0.39 is 10.0 Å². The Morgan fingerprint density at radius 1 is 1.22 bits per heavy atom. The van der Waals surface area contributed by atoms with Gasteiger partial charge < -0.3 is 14.5 Å². The van der Waals surface area contributed by atoms with E-state index in [0.717, 1.165) is 17.1 Å². The molecule has 148 valence electrons. The Morgan fingerprint density at radius 2 is 1.93 bits per heavy atom. The van der Waals surface area contributed by atoms with Crippen LogP contribution in [-0.2, 0) is 14.8 Å². The number of ether oxygens (including phenoxy) is 1. The van der Waals surface area contributed by atoms with Crippen molar-refractivity contribution in [1.82, 2.24) is 10.0 Å². The summed E-state index contributed by atoms with van der Waals surface area (Å²) in [6, 6.07) is 6.11. The number of amides is 1. The van der Waals surface area contributed by atoms with Crippen molar-refractivity contribution in [3.05, 3.63) is 52.5 Å². The topological polar surface area (TPSA) is 97.6 Å². The Balaban J connectivity index is 2.22. The zero-order valence-electron chi connectivity index (χ0n) is 16.3. The maximum Gasteiger partial charge on any atom is 0.252 e. The quantitative estimate of drug-likeness (QED) is 0.671. The van der Waals surface area contributed by atoms with Crippen molar-refractivity contribution in [3.8, 4) is 0 Å². The molecule has 8 heteroatoms. The lowest BCUT2D eigenvalue weighted by Gasteiger charge is -2.15. The highest BCUT2D eigenvalue weighted by Crippen LogP contribution is 2.22. The molecule has 1 atom stereocenters. The van der Waals surface area contributed by atoms with Crippen LogP contribution in [0, 0.1) is 20.8 Å². The summed E-state index contributed by atoms with van der Waals surface area (Å²) in [5.74, 6) is 1.18. The zero-order valence-corrected chi connectivity index (χ0v) is 17.1. The molecule has 0 radical (unpaired) electrons. The first-order valence-corrected chi connectivity index (χ1v) is 10.1. The van der Waals surface area contributed by atoms with E-state index in [-0.39, 0.29) is 30.0 Å². The lowest BCUT2D eigenvalue weighted by Crippen LogP contribution is -2.29. The minimum atomic E-state index is -3.71. The second-order valence-electron chi connectivity index (χ2n) is 6.43. The van der Waals surface area contributed by atoms with Crippen molar-refractivity contribution in [2.24, 2.45) is 0 Å². The smallest absolute Gasteiger partial charge is 0.252 e. The summed E-state index contributed by atoms with van der Waals surface area (Å²) in [5, 5.41) is 2.90. The van der Waals surface area contributed by atoms with Crippen molar-refractivity contribution in [3.63, 3.8) is 0 Å². The second-order valence-corrected chi connectivity index (χ2v) is 8.20. The Morgan fingerprint density at radius 3 is 2.52 bits per heavy atom. The van der Waals surface area contributed by atoms with Crippen molar-refractivity contribution in [2.75, 3.05) is 20.3 Å². The summed E-state index contributed by atoms with van der Waals surface area (Å²) in [6.07, 6.45) is 0. The Hall–Kier alpha value is -2.16. The number of aryl methyl sites for hydroxylation is 3. The van der Waals surface area contributed by atoms with Gasteiger partial charge in [0, 0.05) is 24.8 Å². The third-order valence-electron chi connectivity index (χ3n) is 4.26. The lowest BCUT2D eigenvalue weighted by molar-refractivity contribution is 0.0939. The van der Waals surface area contributed by atoms with Crippen LogP contribution < -0.4 is 10.0 Å². The predicted octanol–water partition coefficient (Wildman–Crippen LogP) is 2.62. The lowest BCUT2D eigenvalue weighted by atomic mass is 10.1. The Labute approximate surface area is 160 Å². The maximum absolute atomic E-state index is 12.7. The summed E-state index contributed by atoms with van der Waals surface area (Å²) >= 11 is 0. The first kappa shape index (κ1) is 21.1. The summed E-state index contributed by atoms with van der Waals surface area (Å²) in [5.41, 5.74) is 1.90. The average molecular weight is 394 g/mol. The maximum atomic E-state index is 12.7. The van der Waals surface area contributed by atoms with E-state index in [1.807, 2.05) is 26.8 Å². The number of carbonyl (C=O) groups is 1. The largest absolute Gasteiger partial charge is 0.466 e. The highest BCUT2D eigenvalue weighted by atomic mass is 32.2. The Kier molecular flexibility index (Phi) is 6.80. The highest BCUT2D eigenvalue weighted by molar-refractivity contribution is 7.89. The first-order chi connectivity index (χ1) is 12.7. The molecule has 0 saturated heterocycles. The molecule has 0 fully saturated rings. The highest BCUT2D eigenvalue weighted by Gasteiger charge is 2.20. The van der Waals surface area contributed by atoms with Crippen LogP contribution in [0.15, 0.2) is 33.6 Å². The van der Waals surface area contributed by atoms with Gasteiger partial charge in [0.2, 0.25) is 10.0 Å². The van der Waals surface area contributed by atoms with Gasteiger partial charge >= 0.3 is 0 Å². The van der Waals surface area contributed by atoms with Crippen molar-refractivity contribution >= 4 is 15.9 Å². The molecule has 0 saturated carbocycles. The Bertz CT molecular complexity index is 918. The molecule has 0 bridgehead atoms. The molecule has 1 unspecified atom stereocenters. The van der Waals surface area contributed by atoms with Gasteiger partial charge in [-0.3, -0.25) is 4.79 Å². The summed E-state index contributed by atoms with van der Waals surface area (Å²) in [7, 11) is -2.22. The molecule has 2 rings (SSSR count). The average Bonchev–Trinajstić information content (AvgIpc) is 2.93. The predicted molar refractivity (Wildman–Crippen MR) is 102 cm³/mol. The molecule has 1 aromatic heterocycles. The number of hydrogen-bond acceptors (Lipinski definition) is 5. The summed E-state index contributed by atoms with van der Waals surface area (Å²) in [4.78, 5) is 12.8. The molecule has 27 heavy (non-hydrogen) atoms. The van der Waals surface area contributed by atoms with Crippen LogP contribution in [0.4, 0.5) is 0 Å². The van der Waals surface area contributed by atoms with E-state index >= 15 is 0 Å². The van der Waals surface area contributed by atoms with Crippen LogP contribution in [0.2, 0.25) is 0 Å². The number of sulfonamides is 1. The van der Waals surface area contributed by atoms with Crippen LogP contribution in [0.3, 0.4) is 0 Å². The van der Waals surface area contributed by atoms with Gasteiger partial charge in [0.1, 0.15) is 11.5 Å². The fraction of sp³-hybridized carbons (Fsp3) is 0.421. The number of hydrogen-bond donors (Lipinski definition) is 2. The summed E-state index contributed by atoms with van der Waals surface area (Å²) < 4.78 is 37.5. The fourth-order valence-electron chi connectivity index (χ4n) is 2.81. The van der Waals surface area contributed by atoms with E-state index in [9.17, 15) is 13.2 Å². The van der Waals surface area contributed by atoms with Gasteiger partial charge in [-0.25, -0.2) is 13.1 Å². The van der Waals surface area contributed by atoms with Gasteiger partial charge in [-0.1, -0.05) is 6.07 Å². The number of methoxy groups -OCH3 is 1. The zero-order chi connectivity index (χ0) is 20.2. The van der Waals surface area contributed by atoms with Gasteiger partial charge in [-0.05, 0) is 51.5 Å². The third kappa shape index (κ3) is 5.18. The van der Waals surface area contributed by atoms with E-state index in [1.165, 1.54) is 19.2 Å². The number of carbonyl (C=O) groups excluding carboxylic acids is 1. The minimum absolute atomic E-state index is 0.0392. The normalized spacial score (nSPS) is 12.8. The van der Waals surface area contributed by atoms with Crippen LogP contribution in [0.1, 0.15) is 46.0 Å². The van der Waals surface area contributed by atoms with Crippen LogP contribution in [-0.4, -0.2) is 34.6 Å². The van der Waals surface area contributed by atoms with E-state index in [4.69, 9.17) is 9.15 Å². The molecule has 0 aliphatic rings. The SMILES string of the molecule is COCCNS(=O)(=O)c1ccc(C)c(C(=O)NC(C)c2cc(C)oc2C)c1. The van der Waals surface area contributed by atoms with Crippen molar-refractivity contribution < 1.29 is 22.4 Å². The van der Waals surface area contributed by atoms with Crippen LogP contribution >= 0.6 is 0 Å². The van der Waals surface area contributed by atoms with E-state index in [2.05, 4.69) is 10.0 Å². The fourth-order valence-corrected chi connectivity index (χ4v) is 3.85. The molecule has 1 aromatic carbocycles. The number of benzene rings is 1. The molecule has 2 N–H and O–H groups in total. The van der Waals surface area contributed by atoms with Crippen molar-refractivity contribution in [1.29, 1.82) is 0 Å². The molecular formula is C19H26N2O5S. The van der Waals surface area contributed by atoms with Crippen molar-refractivity contribution in [2.45, 2.75) is 38.6 Å². The number of rotatable bonds is 8. The monoisotopic (exact) mass is 394 g/mol. The van der Waals surface area contributed by atoms with Crippen LogP contribution in [0.5, 0.6) is 0 Å².